The molecule has 0 radical (unpaired) electrons. The first-order valence-corrected chi connectivity index (χ1v) is 5.46. The number of aryl methyl sites for hydroxylation is 3. The number of carbonyl (C=O) groups is 1. The summed E-state index contributed by atoms with van der Waals surface area (Å²) in [4.78, 5) is 10.4. The Labute approximate surface area is 91.7 Å². The fourth-order valence-corrected chi connectivity index (χ4v) is 1.95. The number of hydrogen-bond donors (Lipinski definition) is 1. The molecule has 0 aliphatic heterocycles. The maximum absolute atomic E-state index is 10.4. The number of benzene rings is 1. The highest BCUT2D eigenvalue weighted by Crippen LogP contribution is 2.24. The minimum Gasteiger partial charge on any atom is -0.388 e. The van der Waals surface area contributed by atoms with Crippen LogP contribution in [-0.2, 0) is 17.6 Å². The van der Waals surface area contributed by atoms with Crippen molar-refractivity contribution in [3.05, 3.63) is 28.8 Å². The number of carbonyl (C=O) groups excluding carboxylic acids is 1. The van der Waals surface area contributed by atoms with Crippen molar-refractivity contribution in [3.63, 3.8) is 0 Å². The van der Waals surface area contributed by atoms with Gasteiger partial charge in [0.2, 0.25) is 0 Å². The summed E-state index contributed by atoms with van der Waals surface area (Å²) < 4.78 is 0. The van der Waals surface area contributed by atoms with Gasteiger partial charge in [-0.1, -0.05) is 24.6 Å². The number of rotatable bonds is 5. The summed E-state index contributed by atoms with van der Waals surface area (Å²) in [6.45, 7) is 4.25. The van der Waals surface area contributed by atoms with Gasteiger partial charge in [-0.25, -0.2) is 0 Å². The Balaban J connectivity index is 3.10. The van der Waals surface area contributed by atoms with Crippen LogP contribution in [0.15, 0.2) is 12.1 Å². The zero-order chi connectivity index (χ0) is 11.3. The molecule has 0 aliphatic carbocycles. The number of nitrogens with one attached hydrogen (secondary N) is 1. The average molecular weight is 205 g/mol. The molecule has 1 aromatic carbocycles. The van der Waals surface area contributed by atoms with E-state index in [1.165, 1.54) is 22.4 Å². The zero-order valence-corrected chi connectivity index (χ0v) is 9.76. The maximum atomic E-state index is 10.4. The molecule has 0 spiro atoms. The average Bonchev–Trinajstić information content (AvgIpc) is 2.25. The van der Waals surface area contributed by atoms with Crippen LogP contribution in [-0.4, -0.2) is 13.3 Å². The van der Waals surface area contributed by atoms with Crippen molar-refractivity contribution < 1.29 is 4.79 Å². The monoisotopic (exact) mass is 205 g/mol. The quantitative estimate of drug-likeness (QED) is 0.749. The van der Waals surface area contributed by atoms with Crippen LogP contribution in [0.1, 0.15) is 30.0 Å². The van der Waals surface area contributed by atoms with Gasteiger partial charge in [0.05, 0.1) is 0 Å². The molecule has 0 bridgehead atoms. The van der Waals surface area contributed by atoms with E-state index >= 15 is 0 Å². The standard InChI is InChI=1S/C13H19NO/c1-4-11-8-10(2)9-12(6-5-7-15)13(11)14-3/h7-9,14H,4-6H2,1-3H3. The minimum atomic E-state index is 0.598. The lowest BCUT2D eigenvalue weighted by Gasteiger charge is -2.14. The Morgan fingerprint density at radius 2 is 2.00 bits per heavy atom. The lowest BCUT2D eigenvalue weighted by Crippen LogP contribution is -2.01. The fraction of sp³-hybridized carbons (Fsp3) is 0.462. The maximum Gasteiger partial charge on any atom is 0.120 e. The van der Waals surface area contributed by atoms with Crippen molar-refractivity contribution in [1.82, 2.24) is 0 Å². The molecule has 0 aromatic heterocycles. The smallest absolute Gasteiger partial charge is 0.120 e. The molecule has 0 aliphatic rings. The summed E-state index contributed by atoms with van der Waals surface area (Å²) in [5, 5.41) is 3.24. The van der Waals surface area contributed by atoms with Crippen LogP contribution in [0.2, 0.25) is 0 Å². The van der Waals surface area contributed by atoms with E-state index in [4.69, 9.17) is 0 Å². The summed E-state index contributed by atoms with van der Waals surface area (Å²) in [7, 11) is 1.94. The van der Waals surface area contributed by atoms with Crippen molar-refractivity contribution >= 4 is 12.0 Å². The van der Waals surface area contributed by atoms with Crippen molar-refractivity contribution in [3.8, 4) is 0 Å². The highest BCUT2D eigenvalue weighted by atomic mass is 16.1. The van der Waals surface area contributed by atoms with Gasteiger partial charge < -0.3 is 10.1 Å². The molecule has 0 saturated carbocycles. The predicted molar refractivity (Wildman–Crippen MR) is 64.5 cm³/mol. The molecule has 82 valence electrons. The van der Waals surface area contributed by atoms with Gasteiger partial charge in [-0.15, -0.1) is 0 Å². The summed E-state index contributed by atoms with van der Waals surface area (Å²) in [5.74, 6) is 0. The number of hydrogen-bond acceptors (Lipinski definition) is 2. The molecule has 0 saturated heterocycles. The third-order valence-corrected chi connectivity index (χ3v) is 2.61. The van der Waals surface area contributed by atoms with E-state index in [-0.39, 0.29) is 0 Å². The Bertz CT molecular complexity index is 345. The normalized spacial score (nSPS) is 10.1. The van der Waals surface area contributed by atoms with Gasteiger partial charge >= 0.3 is 0 Å². The zero-order valence-electron chi connectivity index (χ0n) is 9.76. The van der Waals surface area contributed by atoms with Crippen molar-refractivity contribution in [2.75, 3.05) is 12.4 Å². The summed E-state index contributed by atoms with van der Waals surface area (Å²) >= 11 is 0. The van der Waals surface area contributed by atoms with E-state index in [1.54, 1.807) is 0 Å². The number of anilines is 1. The molecule has 0 fully saturated rings. The highest BCUT2D eigenvalue weighted by Gasteiger charge is 2.06. The van der Waals surface area contributed by atoms with Crippen LogP contribution in [0.3, 0.4) is 0 Å². The van der Waals surface area contributed by atoms with Gasteiger partial charge in [0, 0.05) is 19.2 Å². The molecule has 0 unspecified atom stereocenters. The molecular formula is C13H19NO. The largest absolute Gasteiger partial charge is 0.388 e. The molecule has 1 rings (SSSR count). The van der Waals surface area contributed by atoms with Crippen molar-refractivity contribution in [2.24, 2.45) is 0 Å². The van der Waals surface area contributed by atoms with Crippen LogP contribution in [0.4, 0.5) is 5.69 Å². The molecule has 0 amide bonds. The van der Waals surface area contributed by atoms with Crippen LogP contribution < -0.4 is 5.32 Å². The van der Waals surface area contributed by atoms with E-state index < -0.39 is 0 Å². The third kappa shape index (κ3) is 2.82. The van der Waals surface area contributed by atoms with Crippen LogP contribution in [0.25, 0.3) is 0 Å². The fourth-order valence-electron chi connectivity index (χ4n) is 1.95. The lowest BCUT2D eigenvalue weighted by molar-refractivity contribution is -0.107. The van der Waals surface area contributed by atoms with E-state index in [0.29, 0.717) is 6.42 Å². The summed E-state index contributed by atoms with van der Waals surface area (Å²) in [6, 6.07) is 4.37. The first kappa shape index (κ1) is 11.8. The second kappa shape index (κ2) is 5.54. The second-order valence-corrected chi connectivity index (χ2v) is 3.77. The highest BCUT2D eigenvalue weighted by molar-refractivity contribution is 5.60. The molecule has 2 nitrogen and oxygen atoms in total. The van der Waals surface area contributed by atoms with Gasteiger partial charge in [0.1, 0.15) is 6.29 Å². The Morgan fingerprint density at radius 1 is 1.33 bits per heavy atom. The molecular weight excluding hydrogens is 186 g/mol. The molecule has 2 heteroatoms. The first-order chi connectivity index (χ1) is 7.22. The Morgan fingerprint density at radius 3 is 2.53 bits per heavy atom. The van der Waals surface area contributed by atoms with E-state index in [9.17, 15) is 4.79 Å². The topological polar surface area (TPSA) is 29.1 Å². The van der Waals surface area contributed by atoms with Crippen LogP contribution in [0, 0.1) is 6.92 Å². The third-order valence-electron chi connectivity index (χ3n) is 2.61. The van der Waals surface area contributed by atoms with Gasteiger partial charge in [-0.05, 0) is 30.9 Å². The van der Waals surface area contributed by atoms with E-state index in [1.807, 2.05) is 7.05 Å². The summed E-state index contributed by atoms with van der Waals surface area (Å²) in [6.07, 6.45) is 3.43. The van der Waals surface area contributed by atoms with E-state index in [2.05, 4.69) is 31.3 Å². The lowest BCUT2D eigenvalue weighted by atomic mass is 9.98. The number of aldehydes is 1. The van der Waals surface area contributed by atoms with Gasteiger partial charge in [-0.3, -0.25) is 0 Å². The summed E-state index contributed by atoms with van der Waals surface area (Å²) in [5.41, 5.74) is 5.05. The molecule has 0 atom stereocenters. The predicted octanol–water partition coefficient (Wildman–Crippen LogP) is 2.73. The molecule has 15 heavy (non-hydrogen) atoms. The van der Waals surface area contributed by atoms with E-state index in [0.717, 1.165) is 19.1 Å². The second-order valence-electron chi connectivity index (χ2n) is 3.77. The van der Waals surface area contributed by atoms with Crippen molar-refractivity contribution in [1.29, 1.82) is 0 Å². The SMILES string of the molecule is CCc1cc(C)cc(CCC=O)c1NC. The first-order valence-electron chi connectivity index (χ1n) is 5.46. The minimum absolute atomic E-state index is 0.598. The van der Waals surface area contributed by atoms with Crippen molar-refractivity contribution in [2.45, 2.75) is 33.1 Å². The Hall–Kier alpha value is -1.31. The van der Waals surface area contributed by atoms with Gasteiger partial charge in [0.15, 0.2) is 0 Å². The van der Waals surface area contributed by atoms with Crippen LogP contribution in [0.5, 0.6) is 0 Å². The van der Waals surface area contributed by atoms with Gasteiger partial charge in [0.25, 0.3) is 0 Å². The molecule has 0 heterocycles. The molecule has 1 aromatic rings. The van der Waals surface area contributed by atoms with Crippen LogP contribution >= 0.6 is 0 Å². The van der Waals surface area contributed by atoms with Gasteiger partial charge in [-0.2, -0.15) is 0 Å². The molecule has 1 N–H and O–H groups in total. The Kier molecular flexibility index (Phi) is 4.35.